The second-order valence-corrected chi connectivity index (χ2v) is 5.29. The summed E-state index contributed by atoms with van der Waals surface area (Å²) in [6.45, 7) is 7.11. The molecule has 16 heavy (non-hydrogen) atoms. The maximum Gasteiger partial charge on any atom is 0.0721 e. The number of hydrogen-bond acceptors (Lipinski definition) is 3. The monoisotopic (exact) mass is 332 g/mol. The number of anilines is 1. The van der Waals surface area contributed by atoms with Gasteiger partial charge in [-0.3, -0.25) is 4.98 Å². The Hall–Kier alpha value is -0.360. The van der Waals surface area contributed by atoms with Gasteiger partial charge in [-0.25, -0.2) is 0 Å². The molecule has 0 saturated carbocycles. The fourth-order valence-electron chi connectivity index (χ4n) is 1.99. The van der Waals surface area contributed by atoms with Crippen molar-refractivity contribution in [2.24, 2.45) is 0 Å². The minimum atomic E-state index is 0.312. The topological polar surface area (TPSA) is 25.4 Å². The van der Waals surface area contributed by atoms with Gasteiger partial charge >= 0.3 is 0 Å². The Morgan fingerprint density at radius 2 is 2.38 bits per heavy atom. The first-order valence-electron chi connectivity index (χ1n) is 5.66. The second-order valence-electron chi connectivity index (χ2n) is 4.21. The second kappa shape index (κ2) is 5.31. The van der Waals surface area contributed by atoms with Crippen LogP contribution in [0.2, 0.25) is 0 Å². The number of aryl methyl sites for hydroxylation is 1. The third kappa shape index (κ3) is 2.66. The molecule has 1 fully saturated rings. The molecule has 0 N–H and O–H groups in total. The van der Waals surface area contributed by atoms with Crippen LogP contribution in [0.3, 0.4) is 0 Å². The lowest BCUT2D eigenvalue weighted by Crippen LogP contribution is -2.30. The molecule has 0 aliphatic carbocycles. The highest BCUT2D eigenvalue weighted by Gasteiger charge is 2.17. The molecule has 0 spiro atoms. The van der Waals surface area contributed by atoms with Crippen LogP contribution in [-0.4, -0.2) is 30.8 Å². The predicted molar refractivity (Wildman–Crippen MR) is 73.9 cm³/mol. The Balaban J connectivity index is 2.24. The molecule has 1 aromatic rings. The van der Waals surface area contributed by atoms with Gasteiger partial charge in [0.25, 0.3) is 0 Å². The van der Waals surface area contributed by atoms with Crippen molar-refractivity contribution in [2.45, 2.75) is 26.4 Å². The number of aromatic nitrogens is 1. The highest BCUT2D eigenvalue weighted by molar-refractivity contribution is 14.1. The summed E-state index contributed by atoms with van der Waals surface area (Å²) in [7, 11) is 0. The molecular weight excluding hydrogens is 315 g/mol. The first-order valence-corrected chi connectivity index (χ1v) is 6.74. The van der Waals surface area contributed by atoms with Crippen molar-refractivity contribution in [3.63, 3.8) is 0 Å². The predicted octanol–water partition coefficient (Wildman–Crippen LogP) is 2.61. The molecule has 88 valence electrons. The highest BCUT2D eigenvalue weighted by Crippen LogP contribution is 2.25. The van der Waals surface area contributed by atoms with Gasteiger partial charge in [0.15, 0.2) is 0 Å². The summed E-state index contributed by atoms with van der Waals surface area (Å²) in [6, 6.07) is 2.10. The molecule has 0 unspecified atom stereocenters. The summed E-state index contributed by atoms with van der Waals surface area (Å²) < 4.78 is 6.92. The zero-order valence-electron chi connectivity index (χ0n) is 9.74. The first kappa shape index (κ1) is 12.1. The SMILES string of the molecule is Cc1nccc(N2CCCO[C@H](C)C2)c1I. The molecule has 1 saturated heterocycles. The Labute approximate surface area is 110 Å². The number of pyridine rings is 1. The van der Waals surface area contributed by atoms with Gasteiger partial charge in [-0.15, -0.1) is 0 Å². The van der Waals surface area contributed by atoms with Gasteiger partial charge < -0.3 is 9.64 Å². The Morgan fingerprint density at radius 3 is 3.19 bits per heavy atom. The highest BCUT2D eigenvalue weighted by atomic mass is 127. The molecule has 0 bridgehead atoms. The van der Waals surface area contributed by atoms with Crippen molar-refractivity contribution in [2.75, 3.05) is 24.6 Å². The molecule has 0 aromatic carbocycles. The lowest BCUT2D eigenvalue weighted by atomic mass is 10.2. The minimum absolute atomic E-state index is 0.312. The molecule has 1 aromatic heterocycles. The smallest absolute Gasteiger partial charge is 0.0721 e. The fraction of sp³-hybridized carbons (Fsp3) is 0.583. The average Bonchev–Trinajstić information content (AvgIpc) is 2.47. The van der Waals surface area contributed by atoms with E-state index in [2.05, 4.69) is 52.4 Å². The van der Waals surface area contributed by atoms with Gasteiger partial charge in [-0.1, -0.05) is 0 Å². The molecule has 1 aliphatic rings. The molecule has 2 heterocycles. The summed E-state index contributed by atoms with van der Waals surface area (Å²) >= 11 is 2.38. The van der Waals surface area contributed by atoms with E-state index < -0.39 is 0 Å². The molecule has 3 nitrogen and oxygen atoms in total. The zero-order valence-corrected chi connectivity index (χ0v) is 11.9. The van der Waals surface area contributed by atoms with Crippen LogP contribution in [0.1, 0.15) is 19.0 Å². The van der Waals surface area contributed by atoms with Crippen molar-refractivity contribution in [1.82, 2.24) is 4.98 Å². The number of hydrogen-bond donors (Lipinski definition) is 0. The molecule has 2 rings (SSSR count). The molecule has 0 radical (unpaired) electrons. The lowest BCUT2D eigenvalue weighted by Gasteiger charge is -2.25. The summed E-state index contributed by atoms with van der Waals surface area (Å²) in [5.41, 5.74) is 2.40. The largest absolute Gasteiger partial charge is 0.377 e. The third-order valence-electron chi connectivity index (χ3n) is 2.84. The molecule has 0 amide bonds. The van der Waals surface area contributed by atoms with Crippen molar-refractivity contribution in [1.29, 1.82) is 0 Å². The first-order chi connectivity index (χ1) is 7.68. The van der Waals surface area contributed by atoms with E-state index in [4.69, 9.17) is 4.74 Å². The van der Waals surface area contributed by atoms with Crippen molar-refractivity contribution < 1.29 is 4.74 Å². The van der Waals surface area contributed by atoms with Crippen LogP contribution in [0.4, 0.5) is 5.69 Å². The Morgan fingerprint density at radius 1 is 1.56 bits per heavy atom. The van der Waals surface area contributed by atoms with Crippen LogP contribution in [0.25, 0.3) is 0 Å². The van der Waals surface area contributed by atoms with Crippen molar-refractivity contribution >= 4 is 28.3 Å². The molecule has 4 heteroatoms. The zero-order chi connectivity index (χ0) is 11.5. The molecular formula is C12H17IN2O. The minimum Gasteiger partial charge on any atom is -0.377 e. The van der Waals surface area contributed by atoms with Crippen LogP contribution < -0.4 is 4.90 Å². The standard InChI is InChI=1S/C12H17IN2O/c1-9-8-15(6-3-7-16-9)11-4-5-14-10(2)12(11)13/h4-5,9H,3,6-8H2,1-2H3/t9-/m1/s1. The van der Waals surface area contributed by atoms with E-state index in [-0.39, 0.29) is 0 Å². The summed E-state index contributed by atoms with van der Waals surface area (Å²) in [5.74, 6) is 0. The van der Waals surface area contributed by atoms with Crippen molar-refractivity contribution in [3.8, 4) is 0 Å². The van der Waals surface area contributed by atoms with Gasteiger partial charge in [0, 0.05) is 25.9 Å². The average molecular weight is 332 g/mol. The van der Waals surface area contributed by atoms with E-state index in [1.165, 1.54) is 9.26 Å². The van der Waals surface area contributed by atoms with Gasteiger partial charge in [0.05, 0.1) is 21.1 Å². The van der Waals surface area contributed by atoms with Crippen molar-refractivity contribution in [3.05, 3.63) is 21.5 Å². The van der Waals surface area contributed by atoms with Crippen LogP contribution in [0.5, 0.6) is 0 Å². The number of nitrogens with zero attached hydrogens (tertiary/aromatic N) is 2. The van der Waals surface area contributed by atoms with Gasteiger partial charge in [-0.05, 0) is 48.9 Å². The maximum absolute atomic E-state index is 5.66. The Kier molecular flexibility index (Phi) is 4.02. The Bertz CT molecular complexity index is 370. The van der Waals surface area contributed by atoms with Gasteiger partial charge in [-0.2, -0.15) is 0 Å². The number of ether oxygens (including phenoxy) is 1. The fourth-order valence-corrected chi connectivity index (χ4v) is 2.65. The van der Waals surface area contributed by atoms with Crippen LogP contribution in [0.15, 0.2) is 12.3 Å². The number of halogens is 1. The van der Waals surface area contributed by atoms with Crippen LogP contribution >= 0.6 is 22.6 Å². The van der Waals surface area contributed by atoms with E-state index in [1.54, 1.807) is 0 Å². The van der Waals surface area contributed by atoms with E-state index >= 15 is 0 Å². The van der Waals surface area contributed by atoms with Crippen LogP contribution in [0, 0.1) is 10.5 Å². The van der Waals surface area contributed by atoms with Gasteiger partial charge in [0.2, 0.25) is 0 Å². The normalized spacial score (nSPS) is 21.9. The summed E-state index contributed by atoms with van der Waals surface area (Å²) in [6.07, 6.45) is 3.30. The van der Waals surface area contributed by atoms with Gasteiger partial charge in [0.1, 0.15) is 0 Å². The van der Waals surface area contributed by atoms with E-state index in [0.29, 0.717) is 6.10 Å². The van der Waals surface area contributed by atoms with E-state index in [0.717, 1.165) is 31.8 Å². The van der Waals surface area contributed by atoms with E-state index in [1.807, 2.05) is 6.20 Å². The van der Waals surface area contributed by atoms with Crippen LogP contribution in [-0.2, 0) is 4.74 Å². The molecule has 1 aliphatic heterocycles. The summed E-state index contributed by atoms with van der Waals surface area (Å²) in [5, 5.41) is 0. The lowest BCUT2D eigenvalue weighted by molar-refractivity contribution is 0.0821. The summed E-state index contributed by atoms with van der Waals surface area (Å²) in [4.78, 5) is 6.72. The number of rotatable bonds is 1. The molecule has 1 atom stereocenters. The van der Waals surface area contributed by atoms with E-state index in [9.17, 15) is 0 Å². The third-order valence-corrected chi connectivity index (χ3v) is 4.17. The maximum atomic E-state index is 5.66. The quantitative estimate of drug-likeness (QED) is 0.740.